The lowest BCUT2D eigenvalue weighted by Crippen LogP contribution is -2.45. The molecule has 0 aromatic carbocycles. The van der Waals surface area contributed by atoms with Gasteiger partial charge in [-0.05, 0) is 43.8 Å². The molecule has 106 valence electrons. The largest absolute Gasteiger partial charge is 0.378 e. The van der Waals surface area contributed by atoms with Crippen LogP contribution < -0.4 is 0 Å². The Morgan fingerprint density at radius 2 is 1.83 bits per heavy atom. The van der Waals surface area contributed by atoms with Gasteiger partial charge in [-0.15, -0.1) is 0 Å². The summed E-state index contributed by atoms with van der Waals surface area (Å²) in [5.74, 6) is 1.07. The van der Waals surface area contributed by atoms with Gasteiger partial charge in [-0.3, -0.25) is 0 Å². The van der Waals surface area contributed by atoms with E-state index in [-0.39, 0.29) is 0 Å². The SMILES string of the molecule is CCOC1CCN(CC2(CS)CCCCC2)CC1. The molecular formula is C15H29NOS. The molecule has 0 aromatic rings. The van der Waals surface area contributed by atoms with Crippen LogP contribution in [0.25, 0.3) is 0 Å². The summed E-state index contributed by atoms with van der Waals surface area (Å²) in [5, 5.41) is 0. The minimum absolute atomic E-state index is 0.514. The fraction of sp³-hybridized carbons (Fsp3) is 1.00. The lowest BCUT2D eigenvalue weighted by atomic mass is 9.75. The first-order valence-corrected chi connectivity index (χ1v) is 8.36. The predicted molar refractivity (Wildman–Crippen MR) is 80.5 cm³/mol. The highest BCUT2D eigenvalue weighted by Gasteiger charge is 2.33. The number of thiol groups is 1. The van der Waals surface area contributed by atoms with Crippen molar-refractivity contribution in [3.8, 4) is 0 Å². The molecule has 2 fully saturated rings. The molecular weight excluding hydrogens is 242 g/mol. The standard InChI is InChI=1S/C15H29NOS/c1-2-17-14-6-10-16(11-7-14)12-15(13-18)8-4-3-5-9-15/h14,18H,2-13H2,1H3. The number of piperidine rings is 1. The Balaban J connectivity index is 1.79. The van der Waals surface area contributed by atoms with Crippen molar-refractivity contribution in [3.63, 3.8) is 0 Å². The first kappa shape index (κ1) is 14.7. The van der Waals surface area contributed by atoms with Gasteiger partial charge in [-0.2, -0.15) is 12.6 Å². The predicted octanol–water partition coefficient (Wildman–Crippen LogP) is 3.37. The van der Waals surface area contributed by atoms with Crippen molar-refractivity contribution < 1.29 is 4.74 Å². The Labute approximate surface area is 118 Å². The van der Waals surface area contributed by atoms with E-state index in [1.165, 1.54) is 64.6 Å². The summed E-state index contributed by atoms with van der Waals surface area (Å²) in [6.07, 6.45) is 9.99. The van der Waals surface area contributed by atoms with Gasteiger partial charge in [0, 0.05) is 26.2 Å². The molecule has 0 N–H and O–H groups in total. The highest BCUT2D eigenvalue weighted by molar-refractivity contribution is 7.80. The van der Waals surface area contributed by atoms with Gasteiger partial charge in [-0.25, -0.2) is 0 Å². The Morgan fingerprint density at radius 3 is 2.39 bits per heavy atom. The van der Waals surface area contributed by atoms with Crippen LogP contribution in [0.2, 0.25) is 0 Å². The highest BCUT2D eigenvalue weighted by Crippen LogP contribution is 2.38. The molecule has 0 amide bonds. The van der Waals surface area contributed by atoms with E-state index in [2.05, 4.69) is 24.5 Å². The molecule has 1 aliphatic heterocycles. The first-order chi connectivity index (χ1) is 8.78. The van der Waals surface area contributed by atoms with Gasteiger partial charge in [-0.1, -0.05) is 19.3 Å². The third-order valence-electron chi connectivity index (χ3n) is 4.75. The molecule has 3 heteroatoms. The number of likely N-dealkylation sites (tertiary alicyclic amines) is 1. The van der Waals surface area contributed by atoms with Crippen LogP contribution in [-0.4, -0.2) is 43.0 Å². The fourth-order valence-electron chi connectivity index (χ4n) is 3.61. The minimum atomic E-state index is 0.514. The Morgan fingerprint density at radius 1 is 1.17 bits per heavy atom. The molecule has 1 saturated heterocycles. The van der Waals surface area contributed by atoms with Crippen LogP contribution in [0.1, 0.15) is 51.9 Å². The van der Waals surface area contributed by atoms with Crippen molar-refractivity contribution in [2.75, 3.05) is 32.0 Å². The van der Waals surface area contributed by atoms with E-state index in [4.69, 9.17) is 4.74 Å². The zero-order valence-corrected chi connectivity index (χ0v) is 12.8. The minimum Gasteiger partial charge on any atom is -0.378 e. The van der Waals surface area contributed by atoms with Crippen molar-refractivity contribution in [1.82, 2.24) is 4.90 Å². The van der Waals surface area contributed by atoms with E-state index in [1.54, 1.807) is 0 Å². The zero-order chi connectivity index (χ0) is 12.8. The Kier molecular flexibility index (Phi) is 5.84. The molecule has 1 aliphatic carbocycles. The summed E-state index contributed by atoms with van der Waals surface area (Å²) in [6, 6.07) is 0. The second-order valence-electron chi connectivity index (χ2n) is 6.15. The molecule has 1 heterocycles. The lowest BCUT2D eigenvalue weighted by Gasteiger charge is -2.42. The van der Waals surface area contributed by atoms with Gasteiger partial charge in [0.1, 0.15) is 0 Å². The van der Waals surface area contributed by atoms with Crippen molar-refractivity contribution in [2.24, 2.45) is 5.41 Å². The maximum Gasteiger partial charge on any atom is 0.0599 e. The second-order valence-corrected chi connectivity index (χ2v) is 6.47. The maximum atomic E-state index is 5.73. The number of nitrogens with zero attached hydrogens (tertiary/aromatic N) is 1. The van der Waals surface area contributed by atoms with Gasteiger partial charge in [0.25, 0.3) is 0 Å². The zero-order valence-electron chi connectivity index (χ0n) is 11.9. The molecule has 0 spiro atoms. The van der Waals surface area contributed by atoms with E-state index in [1.807, 2.05) is 0 Å². The van der Waals surface area contributed by atoms with E-state index in [0.717, 1.165) is 12.4 Å². The van der Waals surface area contributed by atoms with E-state index < -0.39 is 0 Å². The molecule has 0 radical (unpaired) electrons. The normalized spacial score (nSPS) is 26.3. The smallest absolute Gasteiger partial charge is 0.0599 e. The summed E-state index contributed by atoms with van der Waals surface area (Å²) >= 11 is 4.65. The summed E-state index contributed by atoms with van der Waals surface area (Å²) in [6.45, 7) is 6.69. The number of ether oxygens (including phenoxy) is 1. The van der Waals surface area contributed by atoms with Crippen LogP contribution in [0.4, 0.5) is 0 Å². The average molecular weight is 271 g/mol. The average Bonchev–Trinajstić information content (AvgIpc) is 2.42. The van der Waals surface area contributed by atoms with E-state index in [9.17, 15) is 0 Å². The monoisotopic (exact) mass is 271 g/mol. The molecule has 2 nitrogen and oxygen atoms in total. The molecule has 0 unspecified atom stereocenters. The van der Waals surface area contributed by atoms with Crippen molar-refractivity contribution in [1.29, 1.82) is 0 Å². The first-order valence-electron chi connectivity index (χ1n) is 7.73. The van der Waals surface area contributed by atoms with Crippen LogP contribution in [0, 0.1) is 5.41 Å². The highest BCUT2D eigenvalue weighted by atomic mass is 32.1. The van der Waals surface area contributed by atoms with Crippen molar-refractivity contribution in [2.45, 2.75) is 58.0 Å². The Bertz CT molecular complexity index is 233. The lowest BCUT2D eigenvalue weighted by molar-refractivity contribution is 0.00229. The second kappa shape index (κ2) is 7.16. The van der Waals surface area contributed by atoms with Gasteiger partial charge >= 0.3 is 0 Å². The Hall–Kier alpha value is 0.270. The van der Waals surface area contributed by atoms with Crippen LogP contribution >= 0.6 is 12.6 Å². The third-order valence-corrected chi connectivity index (χ3v) is 5.42. The number of hydrogen-bond acceptors (Lipinski definition) is 3. The van der Waals surface area contributed by atoms with Crippen LogP contribution in [0.5, 0.6) is 0 Å². The van der Waals surface area contributed by atoms with E-state index >= 15 is 0 Å². The molecule has 0 aromatic heterocycles. The van der Waals surface area contributed by atoms with Gasteiger partial charge in [0.05, 0.1) is 6.10 Å². The summed E-state index contributed by atoms with van der Waals surface area (Å²) < 4.78 is 5.73. The quantitative estimate of drug-likeness (QED) is 0.770. The van der Waals surface area contributed by atoms with Gasteiger partial charge in [0.15, 0.2) is 0 Å². The van der Waals surface area contributed by atoms with Crippen molar-refractivity contribution in [3.05, 3.63) is 0 Å². The fourth-order valence-corrected chi connectivity index (χ4v) is 4.03. The molecule has 18 heavy (non-hydrogen) atoms. The van der Waals surface area contributed by atoms with Crippen molar-refractivity contribution >= 4 is 12.6 Å². The topological polar surface area (TPSA) is 12.5 Å². The third kappa shape index (κ3) is 3.88. The van der Waals surface area contributed by atoms with Gasteiger partial charge < -0.3 is 9.64 Å². The van der Waals surface area contributed by atoms with E-state index in [0.29, 0.717) is 11.5 Å². The molecule has 2 rings (SSSR count). The summed E-state index contributed by atoms with van der Waals surface area (Å²) in [5.41, 5.74) is 0.514. The molecule has 0 bridgehead atoms. The number of hydrogen-bond donors (Lipinski definition) is 1. The summed E-state index contributed by atoms with van der Waals surface area (Å²) in [4.78, 5) is 2.66. The molecule has 1 saturated carbocycles. The maximum absolute atomic E-state index is 5.73. The van der Waals surface area contributed by atoms with Crippen LogP contribution in [0.15, 0.2) is 0 Å². The molecule has 0 atom stereocenters. The van der Waals surface area contributed by atoms with Crippen LogP contribution in [-0.2, 0) is 4.74 Å². The van der Waals surface area contributed by atoms with Gasteiger partial charge in [0.2, 0.25) is 0 Å². The summed E-state index contributed by atoms with van der Waals surface area (Å²) in [7, 11) is 0. The number of rotatable bonds is 5. The van der Waals surface area contributed by atoms with Crippen LogP contribution in [0.3, 0.4) is 0 Å². The molecule has 2 aliphatic rings.